The van der Waals surface area contributed by atoms with Gasteiger partial charge in [0.25, 0.3) is 5.91 Å². The molecule has 0 saturated heterocycles. The van der Waals surface area contributed by atoms with E-state index in [1.807, 2.05) is 48.5 Å². The number of hydrogen-bond donors (Lipinski definition) is 0. The van der Waals surface area contributed by atoms with Crippen LogP contribution in [-0.4, -0.2) is 5.91 Å². The maximum atomic E-state index is 13.6. The Morgan fingerprint density at radius 3 is 2.12 bits per heavy atom. The van der Waals surface area contributed by atoms with Crippen molar-refractivity contribution in [1.29, 1.82) is 0 Å². The molecule has 0 spiro atoms. The van der Waals surface area contributed by atoms with Crippen molar-refractivity contribution in [3.05, 3.63) is 110 Å². The van der Waals surface area contributed by atoms with Gasteiger partial charge >= 0.3 is 0 Å². The second-order valence-corrected chi connectivity index (χ2v) is 8.44. The summed E-state index contributed by atoms with van der Waals surface area (Å²) in [6, 6.07) is 20.2. The number of anilines is 1. The highest BCUT2D eigenvalue weighted by atomic mass is 35.5. The van der Waals surface area contributed by atoms with Gasteiger partial charge in [0.2, 0.25) is 5.76 Å². The van der Waals surface area contributed by atoms with Crippen LogP contribution in [0.5, 0.6) is 0 Å². The number of fused-ring (bicyclic) bond motifs is 2. The Morgan fingerprint density at radius 1 is 0.875 bits per heavy atom. The zero-order valence-electron chi connectivity index (χ0n) is 17.9. The zero-order chi connectivity index (χ0) is 22.4. The lowest BCUT2D eigenvalue weighted by molar-refractivity contribution is 0.0971. The minimum atomic E-state index is -0.574. The van der Waals surface area contributed by atoms with E-state index in [0.29, 0.717) is 21.6 Å². The van der Waals surface area contributed by atoms with Crippen molar-refractivity contribution in [1.82, 2.24) is 0 Å². The van der Waals surface area contributed by atoms with Gasteiger partial charge in [0, 0.05) is 10.7 Å². The van der Waals surface area contributed by atoms with Gasteiger partial charge in [-0.2, -0.15) is 0 Å². The fourth-order valence-electron chi connectivity index (χ4n) is 4.35. The summed E-state index contributed by atoms with van der Waals surface area (Å²) in [7, 11) is 0. The molecule has 0 aliphatic carbocycles. The lowest BCUT2D eigenvalue weighted by Gasteiger charge is -2.25. The smallest absolute Gasteiger partial charge is 0.295 e. The minimum Gasteiger partial charge on any atom is -0.450 e. The highest BCUT2D eigenvalue weighted by molar-refractivity contribution is 6.31. The first-order valence-corrected chi connectivity index (χ1v) is 11.2. The summed E-state index contributed by atoms with van der Waals surface area (Å²) in [5.74, 6) is -0.225. The maximum absolute atomic E-state index is 13.6. The molecule has 0 bridgehead atoms. The number of amides is 1. The molecule has 5 heteroatoms. The van der Waals surface area contributed by atoms with Gasteiger partial charge in [-0.1, -0.05) is 61.8 Å². The molecule has 4 nitrogen and oxygen atoms in total. The summed E-state index contributed by atoms with van der Waals surface area (Å²) < 4.78 is 6.00. The van der Waals surface area contributed by atoms with Crippen molar-refractivity contribution in [2.45, 2.75) is 32.7 Å². The molecule has 1 unspecified atom stereocenters. The van der Waals surface area contributed by atoms with E-state index in [-0.39, 0.29) is 17.1 Å². The number of halogens is 1. The number of hydrogen-bond acceptors (Lipinski definition) is 3. The van der Waals surface area contributed by atoms with E-state index in [9.17, 15) is 9.59 Å². The number of carbonyl (C=O) groups is 1. The molecular weight excluding hydrogens is 422 g/mol. The standard InChI is InChI=1S/C27H22ClNO3/c1-3-16-5-9-18(10-6-16)24-23-25(30)21-15-19(28)11-14-22(21)32-26(23)27(31)29(24)20-12-7-17(4-2)8-13-20/h5-15,24H,3-4H2,1-2H3. The number of nitrogens with zero attached hydrogens (tertiary/aromatic N) is 1. The van der Waals surface area contributed by atoms with Crippen LogP contribution in [0.1, 0.15) is 52.7 Å². The van der Waals surface area contributed by atoms with E-state index in [2.05, 4.69) is 13.8 Å². The van der Waals surface area contributed by atoms with Gasteiger partial charge in [0.1, 0.15) is 5.58 Å². The van der Waals surface area contributed by atoms with Crippen LogP contribution in [0, 0.1) is 0 Å². The first-order chi connectivity index (χ1) is 15.5. The molecule has 0 fully saturated rings. The third kappa shape index (κ3) is 3.23. The zero-order valence-corrected chi connectivity index (χ0v) is 18.6. The second-order valence-electron chi connectivity index (χ2n) is 8.01. The van der Waals surface area contributed by atoms with Crippen LogP contribution in [0.3, 0.4) is 0 Å². The Bertz CT molecular complexity index is 1390. The molecule has 1 amide bonds. The highest BCUT2D eigenvalue weighted by Gasteiger charge is 2.43. The molecule has 4 aromatic rings. The van der Waals surface area contributed by atoms with Gasteiger partial charge in [-0.15, -0.1) is 0 Å². The van der Waals surface area contributed by atoms with Gasteiger partial charge < -0.3 is 4.42 Å². The van der Waals surface area contributed by atoms with E-state index in [1.54, 1.807) is 23.1 Å². The van der Waals surface area contributed by atoms with Gasteiger partial charge in [-0.25, -0.2) is 0 Å². The molecule has 3 aromatic carbocycles. The molecule has 0 saturated carbocycles. The lowest BCUT2D eigenvalue weighted by atomic mass is 9.97. The van der Waals surface area contributed by atoms with Crippen LogP contribution in [0.15, 0.2) is 75.9 Å². The van der Waals surface area contributed by atoms with Crippen molar-refractivity contribution in [2.75, 3.05) is 4.90 Å². The fourth-order valence-corrected chi connectivity index (χ4v) is 4.53. The molecule has 1 atom stereocenters. The Balaban J connectivity index is 1.77. The third-order valence-corrected chi connectivity index (χ3v) is 6.39. The van der Waals surface area contributed by atoms with Gasteiger partial charge in [0.05, 0.1) is 17.0 Å². The fraction of sp³-hybridized carbons (Fsp3) is 0.185. The molecule has 5 rings (SSSR count). The normalized spacial score (nSPS) is 15.4. The third-order valence-electron chi connectivity index (χ3n) is 6.16. The first-order valence-electron chi connectivity index (χ1n) is 10.8. The predicted molar refractivity (Wildman–Crippen MR) is 128 cm³/mol. The SMILES string of the molecule is CCc1ccc(C2c3c(oc4ccc(Cl)cc4c3=O)C(=O)N2c2ccc(CC)cc2)cc1. The average Bonchev–Trinajstić information content (AvgIpc) is 3.12. The van der Waals surface area contributed by atoms with Crippen molar-refractivity contribution in [3.8, 4) is 0 Å². The quantitative estimate of drug-likeness (QED) is 0.370. The summed E-state index contributed by atoms with van der Waals surface area (Å²) >= 11 is 6.15. The first kappa shape index (κ1) is 20.5. The Morgan fingerprint density at radius 2 is 1.50 bits per heavy atom. The number of rotatable bonds is 4. The topological polar surface area (TPSA) is 50.5 Å². The maximum Gasteiger partial charge on any atom is 0.295 e. The monoisotopic (exact) mass is 443 g/mol. The van der Waals surface area contributed by atoms with Crippen molar-refractivity contribution >= 4 is 34.2 Å². The van der Waals surface area contributed by atoms with E-state index in [1.165, 1.54) is 11.1 Å². The molecule has 1 aliphatic heterocycles. The molecule has 2 heterocycles. The van der Waals surface area contributed by atoms with Crippen LogP contribution >= 0.6 is 11.6 Å². The highest BCUT2D eigenvalue weighted by Crippen LogP contribution is 2.41. The van der Waals surface area contributed by atoms with Crippen molar-refractivity contribution in [2.24, 2.45) is 0 Å². The Hall–Kier alpha value is -3.37. The summed E-state index contributed by atoms with van der Waals surface area (Å²) in [6.07, 6.45) is 1.82. The number of benzene rings is 3. The van der Waals surface area contributed by atoms with E-state index < -0.39 is 6.04 Å². The van der Waals surface area contributed by atoms with Gasteiger partial charge in [-0.3, -0.25) is 14.5 Å². The largest absolute Gasteiger partial charge is 0.450 e. The average molecular weight is 444 g/mol. The Labute approximate surface area is 191 Å². The van der Waals surface area contributed by atoms with Crippen LogP contribution < -0.4 is 10.3 Å². The molecule has 1 aliphatic rings. The Kier molecular flexibility index (Phi) is 5.10. The molecule has 32 heavy (non-hydrogen) atoms. The molecule has 0 N–H and O–H groups in total. The van der Waals surface area contributed by atoms with Gasteiger partial charge in [0.15, 0.2) is 5.43 Å². The van der Waals surface area contributed by atoms with Crippen LogP contribution in [0.4, 0.5) is 5.69 Å². The molecule has 0 radical (unpaired) electrons. The van der Waals surface area contributed by atoms with Crippen molar-refractivity contribution < 1.29 is 9.21 Å². The van der Waals surface area contributed by atoms with Gasteiger partial charge in [-0.05, 0) is 59.9 Å². The lowest BCUT2D eigenvalue weighted by Crippen LogP contribution is -2.29. The predicted octanol–water partition coefficient (Wildman–Crippen LogP) is 6.32. The molecule has 160 valence electrons. The summed E-state index contributed by atoms with van der Waals surface area (Å²) in [6.45, 7) is 4.18. The molecular formula is C27H22ClNO3. The van der Waals surface area contributed by atoms with Crippen LogP contribution in [0.25, 0.3) is 11.0 Å². The molecule has 1 aromatic heterocycles. The number of carbonyl (C=O) groups excluding carboxylic acids is 1. The van der Waals surface area contributed by atoms with E-state index in [0.717, 1.165) is 24.1 Å². The summed E-state index contributed by atoms with van der Waals surface area (Å²) in [5.41, 5.74) is 4.44. The van der Waals surface area contributed by atoms with Crippen molar-refractivity contribution in [3.63, 3.8) is 0 Å². The number of aryl methyl sites for hydroxylation is 2. The minimum absolute atomic E-state index is 0.0916. The van der Waals surface area contributed by atoms with E-state index >= 15 is 0 Å². The van der Waals surface area contributed by atoms with Crippen LogP contribution in [-0.2, 0) is 12.8 Å². The van der Waals surface area contributed by atoms with Crippen LogP contribution in [0.2, 0.25) is 5.02 Å². The summed E-state index contributed by atoms with van der Waals surface area (Å²) in [5, 5.41) is 0.826. The van der Waals surface area contributed by atoms with E-state index in [4.69, 9.17) is 16.0 Å². The summed E-state index contributed by atoms with van der Waals surface area (Å²) in [4.78, 5) is 28.9. The second kappa shape index (κ2) is 7.95.